The van der Waals surface area contributed by atoms with Gasteiger partial charge in [-0.15, -0.1) is 11.3 Å². The van der Waals surface area contributed by atoms with Crippen molar-refractivity contribution in [3.05, 3.63) is 52.4 Å². The number of benzene rings is 1. The zero-order valence-corrected chi connectivity index (χ0v) is 16.6. The lowest BCUT2D eigenvalue weighted by atomic mass is 9.84. The third-order valence-corrected chi connectivity index (χ3v) is 5.87. The Hall–Kier alpha value is -2.67. The Morgan fingerprint density at radius 3 is 2.43 bits per heavy atom. The Balaban J connectivity index is 1.58. The number of rotatable bonds is 6. The summed E-state index contributed by atoms with van der Waals surface area (Å²) in [7, 11) is 0. The summed E-state index contributed by atoms with van der Waals surface area (Å²) < 4.78 is 5.27. The van der Waals surface area contributed by atoms with Crippen LogP contribution in [0.25, 0.3) is 0 Å². The molecule has 1 aromatic carbocycles. The normalized spacial score (nSPS) is 15.6. The van der Waals surface area contributed by atoms with Gasteiger partial charge in [0.25, 0.3) is 11.8 Å². The highest BCUT2D eigenvalue weighted by atomic mass is 32.1. The summed E-state index contributed by atoms with van der Waals surface area (Å²) in [4.78, 5) is 36.0. The highest BCUT2D eigenvalue weighted by molar-refractivity contribution is 7.14. The molecule has 0 saturated heterocycles. The maximum absolute atomic E-state index is 12.4. The van der Waals surface area contributed by atoms with E-state index in [9.17, 15) is 14.4 Å². The Morgan fingerprint density at radius 2 is 1.79 bits per heavy atom. The average molecular weight is 401 g/mol. The number of hydrogen-bond donors (Lipinski definition) is 2. The predicted molar refractivity (Wildman–Crippen MR) is 109 cm³/mol. The molecule has 1 aliphatic rings. The second-order valence-electron chi connectivity index (χ2n) is 7.02. The maximum atomic E-state index is 12.4. The number of nitrogens with two attached hydrogens (primary N) is 1. The average Bonchev–Trinajstić information content (AvgIpc) is 3.17. The van der Waals surface area contributed by atoms with Crippen molar-refractivity contribution in [1.29, 1.82) is 0 Å². The number of carbonyl (C=O) groups excluding carboxylic acids is 3. The number of ether oxygens (including phenoxy) is 1. The molecule has 2 amide bonds. The fourth-order valence-corrected chi connectivity index (χ4v) is 4.22. The minimum Gasteiger partial charge on any atom is -0.449 e. The topological polar surface area (TPSA) is 98.5 Å². The number of nitrogens with one attached hydrogen (secondary N) is 1. The van der Waals surface area contributed by atoms with Crippen LogP contribution >= 0.6 is 11.3 Å². The van der Waals surface area contributed by atoms with E-state index < -0.39 is 23.9 Å². The molecule has 1 aliphatic carbocycles. The van der Waals surface area contributed by atoms with Crippen LogP contribution in [0.3, 0.4) is 0 Å². The predicted octanol–water partition coefficient (Wildman–Crippen LogP) is 4.08. The minimum atomic E-state index is -1.01. The third kappa shape index (κ3) is 4.78. The zero-order valence-electron chi connectivity index (χ0n) is 15.8. The van der Waals surface area contributed by atoms with Gasteiger partial charge in [-0.25, -0.2) is 4.79 Å². The van der Waals surface area contributed by atoms with Crippen LogP contribution in [0.5, 0.6) is 0 Å². The van der Waals surface area contributed by atoms with Gasteiger partial charge < -0.3 is 15.8 Å². The fraction of sp³-hybridized carbons (Fsp3) is 0.381. The summed E-state index contributed by atoms with van der Waals surface area (Å²) in [5.41, 5.74) is 7.16. The van der Waals surface area contributed by atoms with Gasteiger partial charge in [-0.2, -0.15) is 0 Å². The number of hydrogen-bond acceptors (Lipinski definition) is 5. The van der Waals surface area contributed by atoms with E-state index in [0.29, 0.717) is 16.5 Å². The third-order valence-electron chi connectivity index (χ3n) is 5.04. The molecular formula is C21H24N2O4S. The highest BCUT2D eigenvalue weighted by Gasteiger charge is 2.22. The van der Waals surface area contributed by atoms with Crippen molar-refractivity contribution in [3.63, 3.8) is 0 Å². The first-order valence-electron chi connectivity index (χ1n) is 9.45. The van der Waals surface area contributed by atoms with Gasteiger partial charge >= 0.3 is 5.97 Å². The van der Waals surface area contributed by atoms with Crippen molar-refractivity contribution in [1.82, 2.24) is 0 Å². The number of thiophene rings is 1. The van der Waals surface area contributed by atoms with Crippen molar-refractivity contribution in [3.8, 4) is 0 Å². The summed E-state index contributed by atoms with van der Waals surface area (Å²) in [6.45, 7) is 1.49. The summed E-state index contributed by atoms with van der Waals surface area (Å²) in [5, 5.41) is 4.58. The van der Waals surface area contributed by atoms with Crippen molar-refractivity contribution >= 4 is 34.1 Å². The van der Waals surface area contributed by atoms with Gasteiger partial charge in [0.2, 0.25) is 0 Å². The molecule has 148 valence electrons. The van der Waals surface area contributed by atoms with Gasteiger partial charge in [-0.1, -0.05) is 31.4 Å². The number of anilines is 1. The molecule has 28 heavy (non-hydrogen) atoms. The molecule has 3 N–H and O–H groups in total. The summed E-state index contributed by atoms with van der Waals surface area (Å²) in [6, 6.07) is 8.99. The SMILES string of the molecule is C[C@@H](OC(=O)c1ccc(C2CCCCC2)cc1)C(=O)Nc1sccc1C(N)=O. The molecule has 6 nitrogen and oxygen atoms in total. The molecule has 0 aliphatic heterocycles. The molecule has 1 aromatic heterocycles. The van der Waals surface area contributed by atoms with Crippen LogP contribution in [0, 0.1) is 0 Å². The van der Waals surface area contributed by atoms with Crippen LogP contribution in [0.4, 0.5) is 5.00 Å². The fourth-order valence-electron chi connectivity index (χ4n) is 3.42. The molecule has 0 radical (unpaired) electrons. The Morgan fingerprint density at radius 1 is 1.11 bits per heavy atom. The van der Waals surface area contributed by atoms with Crippen molar-refractivity contribution < 1.29 is 19.1 Å². The lowest BCUT2D eigenvalue weighted by Gasteiger charge is -2.22. The number of amides is 2. The molecule has 1 saturated carbocycles. The van der Waals surface area contributed by atoms with Gasteiger partial charge in [-0.3, -0.25) is 9.59 Å². The van der Waals surface area contributed by atoms with E-state index in [-0.39, 0.29) is 5.56 Å². The van der Waals surface area contributed by atoms with Crippen molar-refractivity contribution in [2.75, 3.05) is 5.32 Å². The number of primary amides is 1. The monoisotopic (exact) mass is 400 g/mol. The molecule has 1 fully saturated rings. The van der Waals surface area contributed by atoms with E-state index in [0.717, 1.165) is 0 Å². The quantitative estimate of drug-likeness (QED) is 0.714. The zero-order chi connectivity index (χ0) is 20.1. The molecule has 1 heterocycles. The maximum Gasteiger partial charge on any atom is 0.338 e. The van der Waals surface area contributed by atoms with Crippen LogP contribution in [0.2, 0.25) is 0 Å². The molecule has 2 aromatic rings. The van der Waals surface area contributed by atoms with Gasteiger partial charge in [-0.05, 0) is 54.8 Å². The molecule has 0 unspecified atom stereocenters. The Labute approximate surface area is 168 Å². The molecule has 0 spiro atoms. The molecule has 3 rings (SSSR count). The number of esters is 1. The molecule has 7 heteroatoms. The Kier molecular flexibility index (Phi) is 6.46. The van der Waals surface area contributed by atoms with E-state index in [1.807, 2.05) is 12.1 Å². The van der Waals surface area contributed by atoms with Crippen molar-refractivity contribution in [2.24, 2.45) is 5.73 Å². The van der Waals surface area contributed by atoms with Crippen LogP contribution in [0.15, 0.2) is 35.7 Å². The van der Waals surface area contributed by atoms with Crippen LogP contribution in [-0.4, -0.2) is 23.9 Å². The second-order valence-corrected chi connectivity index (χ2v) is 7.94. The summed E-state index contributed by atoms with van der Waals surface area (Å²) in [6.07, 6.45) is 5.18. The summed E-state index contributed by atoms with van der Waals surface area (Å²) >= 11 is 1.18. The first-order chi connectivity index (χ1) is 13.5. The van der Waals surface area contributed by atoms with Gasteiger partial charge in [0.05, 0.1) is 11.1 Å². The smallest absolute Gasteiger partial charge is 0.338 e. The van der Waals surface area contributed by atoms with E-state index >= 15 is 0 Å². The first-order valence-corrected chi connectivity index (χ1v) is 10.3. The minimum absolute atomic E-state index is 0.232. The van der Waals surface area contributed by atoms with E-state index in [2.05, 4.69) is 5.32 Å². The van der Waals surface area contributed by atoms with Crippen LogP contribution in [-0.2, 0) is 9.53 Å². The standard InChI is InChI=1S/C21H24N2O4S/c1-13(19(25)23-20-17(18(22)24)11-12-28-20)27-21(26)16-9-7-15(8-10-16)14-5-3-2-4-6-14/h7-14H,2-6H2,1H3,(H2,22,24)(H,23,25)/t13-/m1/s1. The molecule has 0 bridgehead atoms. The molecular weight excluding hydrogens is 376 g/mol. The van der Waals surface area contributed by atoms with E-state index in [1.54, 1.807) is 17.5 Å². The Bertz CT molecular complexity index is 854. The second kappa shape index (κ2) is 9.01. The van der Waals surface area contributed by atoms with Crippen molar-refractivity contribution in [2.45, 2.75) is 51.0 Å². The van der Waals surface area contributed by atoms with Gasteiger partial charge in [0.15, 0.2) is 6.10 Å². The van der Waals surface area contributed by atoms with Crippen LogP contribution in [0.1, 0.15) is 71.2 Å². The lowest BCUT2D eigenvalue weighted by molar-refractivity contribution is -0.123. The summed E-state index contributed by atoms with van der Waals surface area (Å²) in [5.74, 6) is -1.13. The van der Waals surface area contributed by atoms with Crippen LogP contribution < -0.4 is 11.1 Å². The van der Waals surface area contributed by atoms with E-state index in [4.69, 9.17) is 10.5 Å². The largest absolute Gasteiger partial charge is 0.449 e. The lowest BCUT2D eigenvalue weighted by Crippen LogP contribution is -2.30. The highest BCUT2D eigenvalue weighted by Crippen LogP contribution is 2.32. The molecule has 1 atom stereocenters. The van der Waals surface area contributed by atoms with E-state index in [1.165, 1.54) is 62.0 Å². The first kappa shape index (κ1) is 20.1. The van der Waals surface area contributed by atoms with Gasteiger partial charge in [0.1, 0.15) is 5.00 Å². The van der Waals surface area contributed by atoms with Gasteiger partial charge in [0, 0.05) is 0 Å². The number of carbonyl (C=O) groups is 3.